The molecule has 6 N–H and O–H groups in total. The molecule has 0 radical (unpaired) electrons. The number of likely N-dealkylation sites (tertiary alicyclic amines) is 1. The van der Waals surface area contributed by atoms with Crippen LogP contribution in [0.2, 0.25) is 5.02 Å². The van der Waals surface area contributed by atoms with Crippen LogP contribution in [0.5, 0.6) is 0 Å². The van der Waals surface area contributed by atoms with Crippen molar-refractivity contribution in [2.24, 2.45) is 24.6 Å². The topological polar surface area (TPSA) is 209 Å². The fraction of sp³-hybridized carbons (Fsp3) is 0.439. The van der Waals surface area contributed by atoms with Crippen LogP contribution in [0.25, 0.3) is 28.1 Å². The van der Waals surface area contributed by atoms with E-state index >= 15 is 0 Å². The summed E-state index contributed by atoms with van der Waals surface area (Å²) in [6.07, 6.45) is -0.671. The van der Waals surface area contributed by atoms with E-state index in [1.807, 2.05) is 0 Å². The minimum atomic E-state index is -4.85. The van der Waals surface area contributed by atoms with Crippen LogP contribution in [0.4, 0.5) is 18.9 Å². The lowest BCUT2D eigenvalue weighted by molar-refractivity contribution is -0.929. The van der Waals surface area contributed by atoms with Gasteiger partial charge in [-0.15, -0.1) is 0 Å². The summed E-state index contributed by atoms with van der Waals surface area (Å²) in [7, 11) is 1.41. The molecule has 0 aliphatic carbocycles. The highest BCUT2D eigenvalue weighted by Gasteiger charge is 2.43. The number of alkyl halides is 3. The van der Waals surface area contributed by atoms with Crippen LogP contribution < -0.4 is 16.4 Å². The predicted octanol–water partition coefficient (Wildman–Crippen LogP) is 3.39. The first-order valence-electron chi connectivity index (χ1n) is 20.5. The second-order valence-electron chi connectivity index (χ2n) is 16.4. The molecule has 0 bridgehead atoms. The van der Waals surface area contributed by atoms with E-state index in [0.717, 1.165) is 36.2 Å². The van der Waals surface area contributed by atoms with Crippen LogP contribution >= 0.6 is 11.6 Å². The molecule has 1 aromatic carbocycles. The largest absolute Gasteiger partial charge is 0.477 e. The number of pyridine rings is 1. The van der Waals surface area contributed by atoms with Gasteiger partial charge in [0.05, 0.1) is 58.7 Å². The lowest BCUT2D eigenvalue weighted by atomic mass is 9.90. The molecule has 4 aromatic heterocycles. The lowest BCUT2D eigenvalue weighted by Gasteiger charge is -2.46. The van der Waals surface area contributed by atoms with E-state index in [1.165, 1.54) is 36.0 Å². The van der Waals surface area contributed by atoms with E-state index in [0.29, 0.717) is 86.5 Å². The van der Waals surface area contributed by atoms with E-state index in [4.69, 9.17) is 17.3 Å². The Kier molecular flexibility index (Phi) is 11.8. The maximum absolute atomic E-state index is 14.4. The van der Waals surface area contributed by atoms with Crippen molar-refractivity contribution in [3.63, 3.8) is 0 Å². The summed E-state index contributed by atoms with van der Waals surface area (Å²) in [5.41, 5.74) is 6.64. The van der Waals surface area contributed by atoms with Crippen molar-refractivity contribution >= 4 is 52.0 Å². The minimum absolute atomic E-state index is 0.0182. The molecule has 3 saturated heterocycles. The maximum Gasteiger partial charge on any atom is 0.435 e. The van der Waals surface area contributed by atoms with Gasteiger partial charge in [0.15, 0.2) is 23.9 Å². The summed E-state index contributed by atoms with van der Waals surface area (Å²) >= 11 is 6.57. The van der Waals surface area contributed by atoms with Gasteiger partial charge < -0.3 is 45.3 Å². The number of halogens is 4. The van der Waals surface area contributed by atoms with Gasteiger partial charge in [-0.25, -0.2) is 19.4 Å². The Morgan fingerprint density at radius 3 is 2.40 bits per heavy atom. The zero-order valence-corrected chi connectivity index (χ0v) is 34.7. The number of nitrogens with one attached hydrogen (secondary N) is 3. The van der Waals surface area contributed by atoms with Gasteiger partial charge in [-0.05, 0) is 49.4 Å². The number of hydrogen-bond donors (Lipinski definition) is 5. The zero-order valence-electron chi connectivity index (χ0n) is 33.9. The minimum Gasteiger partial charge on any atom is -0.477 e. The number of aromatic amines is 1. The summed E-state index contributed by atoms with van der Waals surface area (Å²) in [6, 6.07) is 9.40. The number of carboxylic acids is 1. The molecule has 8 rings (SSSR count). The number of nitrogens with zero attached hydrogens (tertiary/aromatic N) is 8. The Bertz CT molecular complexity index is 2520. The molecule has 17 nitrogen and oxygen atoms in total. The summed E-state index contributed by atoms with van der Waals surface area (Å²) < 4.78 is 45.8. The third-order valence-electron chi connectivity index (χ3n) is 12.2. The molecule has 0 spiro atoms. The molecule has 3 aliphatic heterocycles. The van der Waals surface area contributed by atoms with Crippen molar-refractivity contribution in [3.8, 4) is 17.1 Å². The van der Waals surface area contributed by atoms with Crippen LogP contribution in [-0.2, 0) is 29.2 Å². The molecule has 5 aromatic rings. The summed E-state index contributed by atoms with van der Waals surface area (Å²) in [4.78, 5) is 67.4. The van der Waals surface area contributed by atoms with E-state index in [1.54, 1.807) is 28.0 Å². The molecule has 328 valence electrons. The van der Waals surface area contributed by atoms with Crippen molar-refractivity contribution < 1.29 is 41.9 Å². The number of H-pyrrole nitrogens is 1. The first kappa shape index (κ1) is 42.8. The van der Waals surface area contributed by atoms with Gasteiger partial charge >= 0.3 is 12.1 Å². The molecule has 3 aliphatic rings. The number of benzene rings is 1. The van der Waals surface area contributed by atoms with Gasteiger partial charge in [-0.2, -0.15) is 18.3 Å². The van der Waals surface area contributed by atoms with Gasteiger partial charge in [-0.3, -0.25) is 14.4 Å². The monoisotopic (exact) mass is 879 g/mol. The number of nitrogens with two attached hydrogens (primary N) is 1. The molecule has 62 heavy (non-hydrogen) atoms. The second kappa shape index (κ2) is 17.1. The molecular weight excluding hydrogens is 833 g/mol. The molecule has 0 unspecified atom stereocenters. The number of anilines is 1. The number of hydrogen-bond acceptors (Lipinski definition) is 9. The predicted molar refractivity (Wildman–Crippen MR) is 222 cm³/mol. The Morgan fingerprint density at radius 1 is 1.03 bits per heavy atom. The van der Waals surface area contributed by atoms with Gasteiger partial charge in [0, 0.05) is 88.6 Å². The van der Waals surface area contributed by atoms with Crippen molar-refractivity contribution in [1.29, 1.82) is 0 Å². The van der Waals surface area contributed by atoms with Crippen molar-refractivity contribution in [2.45, 2.75) is 25.4 Å². The normalized spacial score (nSPS) is 19.7. The van der Waals surface area contributed by atoms with Gasteiger partial charge in [0.25, 0.3) is 11.8 Å². The molecule has 7 heterocycles. The Labute approximate surface area is 358 Å². The number of carbonyl (C=O) groups is 4. The Hall–Kier alpha value is -5.83. The van der Waals surface area contributed by atoms with E-state index < -0.39 is 23.7 Å². The number of carboxylic acid groups (broad SMARTS) is 1. The van der Waals surface area contributed by atoms with Crippen molar-refractivity contribution in [1.82, 2.24) is 44.4 Å². The highest BCUT2D eigenvalue weighted by atomic mass is 35.5. The molecular formula is C41H47ClF3N12O5+. The second-order valence-corrected chi connectivity index (χ2v) is 16.8. The summed E-state index contributed by atoms with van der Waals surface area (Å²) in [5, 5.41) is 19.4. The van der Waals surface area contributed by atoms with Crippen LogP contribution in [0.1, 0.15) is 45.2 Å². The smallest absolute Gasteiger partial charge is 0.435 e. The van der Waals surface area contributed by atoms with Crippen LogP contribution in [0.15, 0.2) is 48.8 Å². The summed E-state index contributed by atoms with van der Waals surface area (Å²) in [6.45, 7) is 5.65. The highest BCUT2D eigenvalue weighted by molar-refractivity contribution is 6.34. The van der Waals surface area contributed by atoms with Crippen molar-refractivity contribution in [3.05, 3.63) is 76.6 Å². The summed E-state index contributed by atoms with van der Waals surface area (Å²) in [5.74, 6) is -1.64. The van der Waals surface area contributed by atoms with Gasteiger partial charge in [0.2, 0.25) is 5.91 Å². The average Bonchev–Trinajstić information content (AvgIpc) is 3.95. The van der Waals surface area contributed by atoms with Crippen molar-refractivity contribution in [2.75, 3.05) is 77.3 Å². The third-order valence-corrected chi connectivity index (χ3v) is 12.5. The highest BCUT2D eigenvalue weighted by Crippen LogP contribution is 2.37. The molecule has 3 fully saturated rings. The van der Waals surface area contributed by atoms with E-state index in [9.17, 15) is 37.5 Å². The number of quaternary nitrogens is 1. The molecule has 0 atom stereocenters. The zero-order chi connectivity index (χ0) is 43.9. The fourth-order valence-electron chi connectivity index (χ4n) is 8.82. The Balaban J connectivity index is 0.888. The quantitative estimate of drug-likeness (QED) is 0.115. The standard InChI is InChI=1S/C41H46ClF3N12O5/c1-53-33(29-21-56(52-36(29)41(43,44)45)34-5-4-31-32(51-34)17-27(49-31)6-9-46)20-48-37(53)38(60)50-26-2-3-28(30(42)16-26)40(62)55-12-10-54(11-13-55)39(61)25-7-14-57(15-8-25,23-35(58)59)22-24-18-47-19-24/h2-5,16-17,20-21,24-25,47H,6-15,18-19,22-23,46H2,1H3,(H2-,49,50,51,58,59,60,62)/p+1. The SMILES string of the molecule is Cn1c(-c2cn(-c3ccc4[nH]c(CCN)cc4n3)nc2C(F)(F)F)cnc1C(=O)Nc1ccc(C(=O)N2CCN(C(=O)C3CC[N+](CC(=O)O)(CC4CNC4)CC3)CC2)c(Cl)c1. The van der Waals surface area contributed by atoms with Gasteiger partial charge in [-0.1, -0.05) is 11.6 Å². The number of piperidine rings is 1. The number of amides is 3. The number of aromatic nitrogens is 6. The van der Waals surface area contributed by atoms with Crippen LogP contribution in [-0.4, -0.2) is 144 Å². The number of carbonyl (C=O) groups excluding carboxylic acids is 3. The first-order valence-corrected chi connectivity index (χ1v) is 20.8. The molecule has 0 saturated carbocycles. The maximum atomic E-state index is 14.4. The number of fused-ring (bicyclic) bond motifs is 1. The Morgan fingerprint density at radius 2 is 1.76 bits per heavy atom. The van der Waals surface area contributed by atoms with Gasteiger partial charge in [0.1, 0.15) is 0 Å². The first-order chi connectivity index (χ1) is 29.6. The van der Waals surface area contributed by atoms with E-state index in [-0.39, 0.29) is 63.5 Å². The molecule has 21 heteroatoms. The van der Waals surface area contributed by atoms with E-state index in [2.05, 4.69) is 30.7 Å². The molecule has 3 amide bonds. The number of piperazine rings is 1. The number of aliphatic carboxylic acids is 1. The number of rotatable bonds is 12. The van der Waals surface area contributed by atoms with Crippen LogP contribution in [0, 0.1) is 11.8 Å². The average molecular weight is 880 g/mol. The number of imidazole rings is 1. The fourth-order valence-corrected chi connectivity index (χ4v) is 9.08. The van der Waals surface area contributed by atoms with Crippen LogP contribution in [0.3, 0.4) is 0 Å². The lowest BCUT2D eigenvalue weighted by Crippen LogP contribution is -2.62. The third kappa shape index (κ3) is 8.77.